The van der Waals surface area contributed by atoms with Crippen LogP contribution < -0.4 is 10.1 Å². The number of carbonyl (C=O) groups excluding carboxylic acids is 1. The molecule has 1 aliphatic heterocycles. The molecule has 0 aliphatic carbocycles. The number of fused-ring (bicyclic) bond motifs is 1. The number of anilines is 1. The highest BCUT2D eigenvalue weighted by molar-refractivity contribution is 5.94. The second kappa shape index (κ2) is 10.7. The second-order valence-electron chi connectivity index (χ2n) is 8.98. The maximum absolute atomic E-state index is 12.3. The molecule has 1 saturated heterocycles. The van der Waals surface area contributed by atoms with Crippen molar-refractivity contribution in [1.29, 1.82) is 0 Å². The number of ether oxygens (including phenoxy) is 1. The maximum atomic E-state index is 12.3. The molecule has 0 unspecified atom stereocenters. The van der Waals surface area contributed by atoms with Gasteiger partial charge in [-0.3, -0.25) is 14.6 Å². The number of piperazine rings is 1. The third-order valence-corrected chi connectivity index (χ3v) is 6.45. The standard InChI is InChI=1S/C28H31N5O2/c1-31-26-13-12-23(29-28(34)21-35-24-10-6-3-7-11-24)18-25(26)30-27(31)20-33-16-14-32(15-17-33)19-22-8-4-2-5-9-22/h2-13,18H,14-17,19-21H2,1H3,(H,29,34). The smallest absolute Gasteiger partial charge is 0.262 e. The van der Waals surface area contributed by atoms with Crippen molar-refractivity contribution in [1.82, 2.24) is 19.4 Å². The van der Waals surface area contributed by atoms with E-state index < -0.39 is 0 Å². The van der Waals surface area contributed by atoms with Crippen molar-refractivity contribution in [2.24, 2.45) is 7.05 Å². The average molecular weight is 470 g/mol. The van der Waals surface area contributed by atoms with Crippen molar-refractivity contribution in [3.8, 4) is 5.75 Å². The Balaban J connectivity index is 1.16. The molecule has 5 rings (SSSR count). The van der Waals surface area contributed by atoms with E-state index in [1.807, 2.05) is 48.5 Å². The molecule has 1 aliphatic rings. The number of imidazole rings is 1. The van der Waals surface area contributed by atoms with Gasteiger partial charge in [0.25, 0.3) is 5.91 Å². The zero-order valence-corrected chi connectivity index (χ0v) is 20.1. The zero-order chi connectivity index (χ0) is 24.0. The number of benzene rings is 3. The van der Waals surface area contributed by atoms with Crippen molar-refractivity contribution in [3.63, 3.8) is 0 Å². The van der Waals surface area contributed by atoms with Crippen LogP contribution in [0.2, 0.25) is 0 Å². The fourth-order valence-electron chi connectivity index (χ4n) is 4.48. The number of hydrogen-bond acceptors (Lipinski definition) is 5. The Hall–Kier alpha value is -3.68. The third-order valence-electron chi connectivity index (χ3n) is 6.45. The van der Waals surface area contributed by atoms with Crippen molar-refractivity contribution in [2.75, 3.05) is 38.1 Å². The highest BCUT2D eigenvalue weighted by Gasteiger charge is 2.19. The number of para-hydroxylation sites is 1. The molecule has 2 heterocycles. The highest BCUT2D eigenvalue weighted by atomic mass is 16.5. The molecule has 1 aromatic heterocycles. The lowest BCUT2D eigenvalue weighted by Crippen LogP contribution is -2.45. The van der Waals surface area contributed by atoms with Gasteiger partial charge in [0, 0.05) is 45.5 Å². The first-order valence-electron chi connectivity index (χ1n) is 12.1. The molecule has 1 fully saturated rings. The fraction of sp³-hybridized carbons (Fsp3) is 0.286. The summed E-state index contributed by atoms with van der Waals surface area (Å²) in [5.41, 5.74) is 4.03. The largest absolute Gasteiger partial charge is 0.484 e. The first-order chi connectivity index (χ1) is 17.1. The van der Waals surface area contributed by atoms with E-state index in [-0.39, 0.29) is 12.5 Å². The van der Waals surface area contributed by atoms with E-state index in [9.17, 15) is 4.79 Å². The third kappa shape index (κ3) is 5.88. The van der Waals surface area contributed by atoms with E-state index in [4.69, 9.17) is 9.72 Å². The lowest BCUT2D eigenvalue weighted by Gasteiger charge is -2.34. The maximum Gasteiger partial charge on any atom is 0.262 e. The molecule has 0 bridgehead atoms. The van der Waals surface area contributed by atoms with Gasteiger partial charge in [-0.25, -0.2) is 4.98 Å². The number of aryl methyl sites for hydroxylation is 1. The minimum absolute atomic E-state index is 0.0359. The van der Waals surface area contributed by atoms with Crippen LogP contribution in [-0.2, 0) is 24.9 Å². The van der Waals surface area contributed by atoms with Gasteiger partial charge in [-0.2, -0.15) is 0 Å². The van der Waals surface area contributed by atoms with Gasteiger partial charge in [-0.1, -0.05) is 48.5 Å². The predicted octanol–water partition coefficient (Wildman–Crippen LogP) is 3.91. The molecular weight excluding hydrogens is 438 g/mol. The van der Waals surface area contributed by atoms with Crippen LogP contribution in [0, 0.1) is 0 Å². The second-order valence-corrected chi connectivity index (χ2v) is 8.98. The summed E-state index contributed by atoms with van der Waals surface area (Å²) < 4.78 is 7.68. The molecule has 0 radical (unpaired) electrons. The van der Waals surface area contributed by atoms with E-state index in [1.165, 1.54) is 5.56 Å². The number of carbonyl (C=O) groups is 1. The summed E-state index contributed by atoms with van der Waals surface area (Å²) in [4.78, 5) is 22.2. The lowest BCUT2D eigenvalue weighted by molar-refractivity contribution is -0.118. The number of nitrogens with zero attached hydrogens (tertiary/aromatic N) is 4. The monoisotopic (exact) mass is 469 g/mol. The summed E-state index contributed by atoms with van der Waals surface area (Å²) in [7, 11) is 2.06. The Morgan fingerprint density at radius 1 is 0.886 bits per heavy atom. The first kappa shape index (κ1) is 23.1. The van der Waals surface area contributed by atoms with Crippen LogP contribution in [0.5, 0.6) is 5.75 Å². The van der Waals surface area contributed by atoms with Gasteiger partial charge in [-0.15, -0.1) is 0 Å². The Morgan fingerprint density at radius 2 is 1.54 bits per heavy atom. The van der Waals surface area contributed by atoms with Crippen molar-refractivity contribution in [3.05, 3.63) is 90.3 Å². The molecule has 35 heavy (non-hydrogen) atoms. The van der Waals surface area contributed by atoms with Gasteiger partial charge < -0.3 is 14.6 Å². The molecule has 7 nitrogen and oxygen atoms in total. The number of nitrogens with one attached hydrogen (secondary N) is 1. The summed E-state index contributed by atoms with van der Waals surface area (Å²) >= 11 is 0. The summed E-state index contributed by atoms with van der Waals surface area (Å²) in [6.07, 6.45) is 0. The van der Waals surface area contributed by atoms with Crippen molar-refractivity contribution >= 4 is 22.6 Å². The van der Waals surface area contributed by atoms with Crippen molar-refractivity contribution in [2.45, 2.75) is 13.1 Å². The van der Waals surface area contributed by atoms with Crippen LogP contribution in [0.25, 0.3) is 11.0 Å². The van der Waals surface area contributed by atoms with Crippen LogP contribution in [0.15, 0.2) is 78.9 Å². The van der Waals surface area contributed by atoms with Gasteiger partial charge in [0.05, 0.1) is 17.6 Å². The van der Waals surface area contributed by atoms with E-state index in [0.717, 1.165) is 61.8 Å². The predicted molar refractivity (Wildman–Crippen MR) is 138 cm³/mol. The van der Waals surface area contributed by atoms with Gasteiger partial charge in [0.2, 0.25) is 0 Å². The number of aromatic nitrogens is 2. The topological polar surface area (TPSA) is 62.6 Å². The summed E-state index contributed by atoms with van der Waals surface area (Å²) in [6, 6.07) is 25.8. The van der Waals surface area contributed by atoms with Gasteiger partial charge >= 0.3 is 0 Å². The molecule has 3 aromatic carbocycles. The van der Waals surface area contributed by atoms with Gasteiger partial charge in [0.15, 0.2) is 6.61 Å². The van der Waals surface area contributed by atoms with Crippen LogP contribution >= 0.6 is 0 Å². The highest BCUT2D eigenvalue weighted by Crippen LogP contribution is 2.21. The Labute approximate surface area is 205 Å². The Morgan fingerprint density at radius 3 is 2.26 bits per heavy atom. The molecular formula is C28H31N5O2. The van der Waals surface area contributed by atoms with E-state index >= 15 is 0 Å². The molecule has 180 valence electrons. The van der Waals surface area contributed by atoms with Crippen LogP contribution in [0.4, 0.5) is 5.69 Å². The first-order valence-corrected chi connectivity index (χ1v) is 12.1. The normalized spacial score (nSPS) is 14.8. The fourth-order valence-corrected chi connectivity index (χ4v) is 4.48. The molecule has 0 atom stereocenters. The molecule has 1 N–H and O–H groups in total. The lowest BCUT2D eigenvalue weighted by atomic mass is 10.2. The summed E-state index contributed by atoms with van der Waals surface area (Å²) in [5.74, 6) is 1.51. The van der Waals surface area contributed by atoms with Crippen LogP contribution in [0.3, 0.4) is 0 Å². The van der Waals surface area contributed by atoms with Gasteiger partial charge in [-0.05, 0) is 35.9 Å². The molecule has 4 aromatic rings. The quantitative estimate of drug-likeness (QED) is 0.424. The summed E-state index contributed by atoms with van der Waals surface area (Å²) in [5, 5.41) is 2.91. The van der Waals surface area contributed by atoms with Crippen molar-refractivity contribution < 1.29 is 9.53 Å². The Kier molecular flexibility index (Phi) is 7.07. The molecule has 1 amide bonds. The minimum Gasteiger partial charge on any atom is -0.484 e. The van der Waals surface area contributed by atoms with Gasteiger partial charge in [0.1, 0.15) is 11.6 Å². The zero-order valence-electron chi connectivity index (χ0n) is 20.1. The van der Waals surface area contributed by atoms with E-state index in [0.29, 0.717) is 5.75 Å². The minimum atomic E-state index is -0.197. The molecule has 0 saturated carbocycles. The number of hydrogen-bond donors (Lipinski definition) is 1. The van der Waals surface area contributed by atoms with E-state index in [1.54, 1.807) is 0 Å². The van der Waals surface area contributed by atoms with Crippen LogP contribution in [0.1, 0.15) is 11.4 Å². The van der Waals surface area contributed by atoms with Crippen LogP contribution in [-0.4, -0.2) is 58.0 Å². The molecule has 7 heteroatoms. The Bertz CT molecular complexity index is 1260. The number of rotatable bonds is 8. The van der Waals surface area contributed by atoms with E-state index in [2.05, 4.69) is 57.1 Å². The average Bonchev–Trinajstić information content (AvgIpc) is 3.19. The number of amides is 1. The molecule has 0 spiro atoms. The SMILES string of the molecule is Cn1c(CN2CCN(Cc3ccccc3)CC2)nc2cc(NC(=O)COc3ccccc3)ccc21. The summed E-state index contributed by atoms with van der Waals surface area (Å²) in [6.45, 7) is 5.95.